The molecule has 2 aromatic rings. The predicted molar refractivity (Wildman–Crippen MR) is 83.9 cm³/mol. The summed E-state index contributed by atoms with van der Waals surface area (Å²) in [4.78, 5) is 7.38. The molecular formula is C17H25N3. The van der Waals surface area contributed by atoms with E-state index in [9.17, 15) is 0 Å². The Morgan fingerprint density at radius 1 is 1.20 bits per heavy atom. The first-order chi connectivity index (χ1) is 9.66. The van der Waals surface area contributed by atoms with E-state index in [-0.39, 0.29) is 0 Å². The van der Waals surface area contributed by atoms with E-state index < -0.39 is 0 Å². The van der Waals surface area contributed by atoms with Crippen molar-refractivity contribution < 1.29 is 0 Å². The quantitative estimate of drug-likeness (QED) is 0.756. The Balaban J connectivity index is 1.67. The predicted octanol–water partition coefficient (Wildman–Crippen LogP) is 3.56. The van der Waals surface area contributed by atoms with Crippen LogP contribution in [0.15, 0.2) is 30.6 Å². The second-order valence-electron chi connectivity index (χ2n) is 5.65. The first-order valence-electron chi connectivity index (χ1n) is 7.45. The highest BCUT2D eigenvalue weighted by atomic mass is 14.9. The molecule has 0 fully saturated rings. The van der Waals surface area contributed by atoms with E-state index in [1.54, 1.807) is 6.33 Å². The average molecular weight is 271 g/mol. The molecule has 20 heavy (non-hydrogen) atoms. The zero-order valence-corrected chi connectivity index (χ0v) is 12.7. The lowest BCUT2D eigenvalue weighted by atomic mass is 10.0. The SMILES string of the molecule is Cc1[nH]cnc1CNCCCc1ccc(C(C)C)cc1. The van der Waals surface area contributed by atoms with Gasteiger partial charge < -0.3 is 10.3 Å². The zero-order chi connectivity index (χ0) is 14.4. The molecule has 2 N–H and O–H groups in total. The van der Waals surface area contributed by atoms with Crippen molar-refractivity contribution in [2.45, 2.75) is 46.1 Å². The lowest BCUT2D eigenvalue weighted by Gasteiger charge is -2.07. The number of rotatable bonds is 7. The Kier molecular flexibility index (Phi) is 5.36. The standard InChI is InChI=1S/C17H25N3/c1-13(2)16-8-6-15(7-9-16)5-4-10-18-11-17-14(3)19-12-20-17/h6-9,12-13,18H,4-5,10-11H2,1-3H3,(H,19,20). The first-order valence-corrected chi connectivity index (χ1v) is 7.45. The fourth-order valence-corrected chi connectivity index (χ4v) is 2.26. The highest BCUT2D eigenvalue weighted by molar-refractivity contribution is 5.24. The molecule has 1 aromatic heterocycles. The maximum absolute atomic E-state index is 4.28. The molecule has 0 aliphatic rings. The van der Waals surface area contributed by atoms with Gasteiger partial charge >= 0.3 is 0 Å². The Bertz CT molecular complexity index is 511. The van der Waals surface area contributed by atoms with Crippen molar-refractivity contribution >= 4 is 0 Å². The van der Waals surface area contributed by atoms with Crippen LogP contribution in [0, 0.1) is 6.92 Å². The second-order valence-corrected chi connectivity index (χ2v) is 5.65. The van der Waals surface area contributed by atoms with Crippen LogP contribution in [-0.4, -0.2) is 16.5 Å². The van der Waals surface area contributed by atoms with E-state index in [2.05, 4.69) is 60.3 Å². The number of aromatic amines is 1. The third kappa shape index (κ3) is 4.20. The normalized spacial score (nSPS) is 11.2. The largest absolute Gasteiger partial charge is 0.348 e. The van der Waals surface area contributed by atoms with Gasteiger partial charge in [-0.3, -0.25) is 0 Å². The van der Waals surface area contributed by atoms with Gasteiger partial charge in [-0.15, -0.1) is 0 Å². The van der Waals surface area contributed by atoms with E-state index in [0.717, 1.165) is 37.3 Å². The zero-order valence-electron chi connectivity index (χ0n) is 12.7. The number of hydrogen-bond acceptors (Lipinski definition) is 2. The monoisotopic (exact) mass is 271 g/mol. The van der Waals surface area contributed by atoms with Crippen molar-refractivity contribution in [2.75, 3.05) is 6.54 Å². The maximum Gasteiger partial charge on any atom is 0.0925 e. The van der Waals surface area contributed by atoms with Crippen LogP contribution in [0.4, 0.5) is 0 Å². The van der Waals surface area contributed by atoms with Gasteiger partial charge in [-0.1, -0.05) is 38.1 Å². The van der Waals surface area contributed by atoms with E-state index in [4.69, 9.17) is 0 Å². The second kappa shape index (κ2) is 7.25. The summed E-state index contributed by atoms with van der Waals surface area (Å²) in [5.41, 5.74) is 5.11. The van der Waals surface area contributed by atoms with Crippen molar-refractivity contribution in [3.63, 3.8) is 0 Å². The molecule has 108 valence electrons. The summed E-state index contributed by atoms with van der Waals surface area (Å²) < 4.78 is 0. The van der Waals surface area contributed by atoms with Crippen LogP contribution in [0.25, 0.3) is 0 Å². The Morgan fingerprint density at radius 3 is 2.55 bits per heavy atom. The van der Waals surface area contributed by atoms with Crippen molar-refractivity contribution in [1.82, 2.24) is 15.3 Å². The molecule has 0 aliphatic carbocycles. The number of imidazole rings is 1. The summed E-state index contributed by atoms with van der Waals surface area (Å²) in [6, 6.07) is 9.02. The average Bonchev–Trinajstić information content (AvgIpc) is 2.84. The molecule has 0 atom stereocenters. The van der Waals surface area contributed by atoms with Gasteiger partial charge in [0.15, 0.2) is 0 Å². The van der Waals surface area contributed by atoms with Gasteiger partial charge in [-0.05, 0) is 43.4 Å². The van der Waals surface area contributed by atoms with Gasteiger partial charge in [0, 0.05) is 12.2 Å². The topological polar surface area (TPSA) is 40.7 Å². The number of H-pyrrole nitrogens is 1. The Hall–Kier alpha value is -1.61. The lowest BCUT2D eigenvalue weighted by Crippen LogP contribution is -2.16. The first kappa shape index (κ1) is 14.8. The Labute approximate surface area is 121 Å². The molecular weight excluding hydrogens is 246 g/mol. The highest BCUT2D eigenvalue weighted by Gasteiger charge is 2.01. The molecule has 1 aromatic carbocycles. The summed E-state index contributed by atoms with van der Waals surface area (Å²) in [5, 5.41) is 3.45. The van der Waals surface area contributed by atoms with Crippen LogP contribution >= 0.6 is 0 Å². The third-order valence-corrected chi connectivity index (χ3v) is 3.69. The molecule has 0 saturated heterocycles. The Morgan fingerprint density at radius 2 is 1.95 bits per heavy atom. The number of hydrogen-bond donors (Lipinski definition) is 2. The highest BCUT2D eigenvalue weighted by Crippen LogP contribution is 2.15. The summed E-state index contributed by atoms with van der Waals surface area (Å²) in [5.74, 6) is 0.614. The summed E-state index contributed by atoms with van der Waals surface area (Å²) in [6.07, 6.45) is 4.04. The van der Waals surface area contributed by atoms with Gasteiger partial charge in [0.1, 0.15) is 0 Å². The molecule has 2 rings (SSSR count). The number of nitrogens with zero attached hydrogens (tertiary/aromatic N) is 1. The van der Waals surface area contributed by atoms with Gasteiger partial charge in [-0.2, -0.15) is 0 Å². The number of nitrogens with one attached hydrogen (secondary N) is 2. The van der Waals surface area contributed by atoms with E-state index in [0.29, 0.717) is 5.92 Å². The summed E-state index contributed by atoms with van der Waals surface area (Å²) in [7, 11) is 0. The van der Waals surface area contributed by atoms with Gasteiger partial charge in [0.2, 0.25) is 0 Å². The fraction of sp³-hybridized carbons (Fsp3) is 0.471. The van der Waals surface area contributed by atoms with Crippen LogP contribution in [0.3, 0.4) is 0 Å². The van der Waals surface area contributed by atoms with E-state index in [1.807, 2.05) is 0 Å². The van der Waals surface area contributed by atoms with E-state index in [1.165, 1.54) is 11.1 Å². The number of aromatic nitrogens is 2. The maximum atomic E-state index is 4.28. The minimum atomic E-state index is 0.614. The fourth-order valence-electron chi connectivity index (χ4n) is 2.26. The minimum Gasteiger partial charge on any atom is -0.348 e. The van der Waals surface area contributed by atoms with Crippen LogP contribution in [0.2, 0.25) is 0 Å². The minimum absolute atomic E-state index is 0.614. The third-order valence-electron chi connectivity index (χ3n) is 3.69. The smallest absolute Gasteiger partial charge is 0.0925 e. The molecule has 0 unspecified atom stereocenters. The molecule has 0 saturated carbocycles. The van der Waals surface area contributed by atoms with Crippen molar-refractivity contribution in [3.8, 4) is 0 Å². The number of aryl methyl sites for hydroxylation is 2. The van der Waals surface area contributed by atoms with Crippen LogP contribution < -0.4 is 5.32 Å². The molecule has 0 aliphatic heterocycles. The van der Waals surface area contributed by atoms with Gasteiger partial charge in [-0.25, -0.2) is 4.98 Å². The molecule has 0 radical (unpaired) electrons. The molecule has 1 heterocycles. The molecule has 0 spiro atoms. The molecule has 3 nitrogen and oxygen atoms in total. The lowest BCUT2D eigenvalue weighted by molar-refractivity contribution is 0.640. The molecule has 0 amide bonds. The van der Waals surface area contributed by atoms with Crippen molar-refractivity contribution in [1.29, 1.82) is 0 Å². The molecule has 3 heteroatoms. The van der Waals surface area contributed by atoms with E-state index >= 15 is 0 Å². The summed E-state index contributed by atoms with van der Waals surface area (Å²) in [6.45, 7) is 8.39. The van der Waals surface area contributed by atoms with Crippen LogP contribution in [0.1, 0.15) is 48.7 Å². The van der Waals surface area contributed by atoms with Gasteiger partial charge in [0.25, 0.3) is 0 Å². The van der Waals surface area contributed by atoms with Crippen molar-refractivity contribution in [3.05, 3.63) is 53.1 Å². The summed E-state index contributed by atoms with van der Waals surface area (Å²) >= 11 is 0. The van der Waals surface area contributed by atoms with Crippen molar-refractivity contribution in [2.24, 2.45) is 0 Å². The van der Waals surface area contributed by atoms with Crippen LogP contribution in [0.5, 0.6) is 0 Å². The van der Waals surface area contributed by atoms with Gasteiger partial charge in [0.05, 0.1) is 12.0 Å². The van der Waals surface area contributed by atoms with Crippen LogP contribution in [-0.2, 0) is 13.0 Å². The molecule has 0 bridgehead atoms. The number of benzene rings is 1.